The van der Waals surface area contributed by atoms with Crippen LogP contribution in [0.2, 0.25) is 5.02 Å². The molecular weight excluding hydrogens is 370 g/mol. The summed E-state index contributed by atoms with van der Waals surface area (Å²) in [6.45, 7) is 1.62. The fraction of sp³-hybridized carbons (Fsp3) is 0.211. The fourth-order valence-electron chi connectivity index (χ4n) is 2.92. The molecule has 0 aromatic heterocycles. The first-order chi connectivity index (χ1) is 12.9. The summed E-state index contributed by atoms with van der Waals surface area (Å²) in [5.74, 6) is -0.0543. The number of fused-ring (bicyclic) bond motifs is 1. The fourth-order valence-corrected chi connectivity index (χ4v) is 3.16. The largest absolute Gasteiger partial charge is 0.482 e. The second-order valence-corrected chi connectivity index (χ2v) is 6.93. The molecule has 2 heterocycles. The summed E-state index contributed by atoms with van der Waals surface area (Å²) >= 11 is 6.20. The minimum Gasteiger partial charge on any atom is -0.482 e. The van der Waals surface area contributed by atoms with Gasteiger partial charge in [-0.1, -0.05) is 35.0 Å². The molecule has 2 aromatic carbocycles. The molecule has 138 valence electrons. The van der Waals surface area contributed by atoms with Gasteiger partial charge in [-0.3, -0.25) is 9.59 Å². The van der Waals surface area contributed by atoms with Gasteiger partial charge in [0.25, 0.3) is 11.8 Å². The number of carbonyl (C=O) groups is 2. The summed E-state index contributed by atoms with van der Waals surface area (Å²) in [6.07, 6.45) is 0.292. The number of ether oxygens (including phenoxy) is 1. The highest BCUT2D eigenvalue weighted by atomic mass is 35.5. The Morgan fingerprint density at radius 2 is 2.11 bits per heavy atom. The molecule has 0 aliphatic carbocycles. The Balaban J connectivity index is 1.48. The Labute approximate surface area is 160 Å². The van der Waals surface area contributed by atoms with Gasteiger partial charge in [0, 0.05) is 28.8 Å². The van der Waals surface area contributed by atoms with Crippen molar-refractivity contribution < 1.29 is 19.2 Å². The maximum Gasteiger partial charge on any atom is 0.271 e. The number of hydrogen-bond donors (Lipinski definition) is 2. The van der Waals surface area contributed by atoms with E-state index in [-0.39, 0.29) is 18.4 Å². The first kappa shape index (κ1) is 17.4. The van der Waals surface area contributed by atoms with E-state index >= 15 is 0 Å². The van der Waals surface area contributed by atoms with Crippen molar-refractivity contribution in [3.8, 4) is 5.75 Å². The van der Waals surface area contributed by atoms with E-state index in [4.69, 9.17) is 21.2 Å². The van der Waals surface area contributed by atoms with Crippen LogP contribution < -0.4 is 15.4 Å². The van der Waals surface area contributed by atoms with Crippen molar-refractivity contribution in [1.29, 1.82) is 0 Å². The van der Waals surface area contributed by atoms with Gasteiger partial charge in [0.15, 0.2) is 6.61 Å². The second kappa shape index (κ2) is 6.59. The molecule has 2 aliphatic rings. The molecule has 1 unspecified atom stereocenters. The molecule has 4 rings (SSSR count). The average Bonchev–Trinajstić information content (AvgIpc) is 3.06. The van der Waals surface area contributed by atoms with Crippen molar-refractivity contribution in [3.63, 3.8) is 0 Å². The molecule has 2 N–H and O–H groups in total. The normalized spacial score (nSPS) is 20.7. The van der Waals surface area contributed by atoms with Crippen LogP contribution in [0.4, 0.5) is 11.4 Å². The van der Waals surface area contributed by atoms with Crippen LogP contribution in [0.25, 0.3) is 0 Å². The molecule has 0 saturated carbocycles. The molecule has 27 heavy (non-hydrogen) atoms. The predicted molar refractivity (Wildman–Crippen MR) is 101 cm³/mol. The molecule has 8 heteroatoms. The number of nitrogens with zero attached hydrogens (tertiary/aromatic N) is 1. The minimum atomic E-state index is -1.15. The third-order valence-electron chi connectivity index (χ3n) is 4.40. The molecule has 2 aromatic rings. The molecule has 2 amide bonds. The highest BCUT2D eigenvalue weighted by Crippen LogP contribution is 2.33. The van der Waals surface area contributed by atoms with Crippen LogP contribution in [0, 0.1) is 0 Å². The van der Waals surface area contributed by atoms with Gasteiger partial charge in [0.2, 0.25) is 5.60 Å². The Morgan fingerprint density at radius 1 is 1.30 bits per heavy atom. The molecule has 0 spiro atoms. The van der Waals surface area contributed by atoms with E-state index in [9.17, 15) is 9.59 Å². The quantitative estimate of drug-likeness (QED) is 0.849. The van der Waals surface area contributed by atoms with Gasteiger partial charge < -0.3 is 20.2 Å². The first-order valence-corrected chi connectivity index (χ1v) is 8.70. The summed E-state index contributed by atoms with van der Waals surface area (Å²) in [4.78, 5) is 29.5. The number of nitrogens with one attached hydrogen (secondary N) is 2. The Bertz CT molecular complexity index is 975. The SMILES string of the molecule is CC1(C(=O)Nc2ccc3c(c2)OCC(=O)N3)CC(c2ccccc2Cl)=NO1. The monoisotopic (exact) mass is 385 g/mol. The van der Waals surface area contributed by atoms with Gasteiger partial charge in [-0.2, -0.15) is 0 Å². The zero-order valence-corrected chi connectivity index (χ0v) is 15.2. The summed E-state index contributed by atoms with van der Waals surface area (Å²) < 4.78 is 5.36. The third kappa shape index (κ3) is 3.33. The van der Waals surface area contributed by atoms with Crippen LogP contribution in [0.15, 0.2) is 47.6 Å². The number of anilines is 2. The number of benzene rings is 2. The van der Waals surface area contributed by atoms with Crippen molar-refractivity contribution >= 4 is 40.5 Å². The van der Waals surface area contributed by atoms with E-state index in [1.54, 1.807) is 31.2 Å². The highest BCUT2D eigenvalue weighted by molar-refractivity contribution is 6.34. The van der Waals surface area contributed by atoms with Crippen LogP contribution >= 0.6 is 11.6 Å². The number of amides is 2. The highest BCUT2D eigenvalue weighted by Gasteiger charge is 2.42. The summed E-state index contributed by atoms with van der Waals surface area (Å²) in [7, 11) is 0. The molecule has 0 fully saturated rings. The molecule has 1 atom stereocenters. The van der Waals surface area contributed by atoms with Gasteiger partial charge in [-0.05, 0) is 25.1 Å². The van der Waals surface area contributed by atoms with Crippen LogP contribution in [-0.4, -0.2) is 29.7 Å². The zero-order valence-electron chi connectivity index (χ0n) is 14.4. The number of rotatable bonds is 3. The minimum absolute atomic E-state index is 0.0553. The lowest BCUT2D eigenvalue weighted by molar-refractivity contribution is -0.135. The molecule has 0 bridgehead atoms. The average molecular weight is 386 g/mol. The smallest absolute Gasteiger partial charge is 0.271 e. The maximum absolute atomic E-state index is 12.8. The Hall–Kier alpha value is -3.06. The van der Waals surface area contributed by atoms with Crippen LogP contribution in [0.3, 0.4) is 0 Å². The van der Waals surface area contributed by atoms with E-state index in [1.807, 2.05) is 18.2 Å². The zero-order chi connectivity index (χ0) is 19.0. The van der Waals surface area contributed by atoms with E-state index < -0.39 is 5.60 Å². The molecular formula is C19H16ClN3O4. The predicted octanol–water partition coefficient (Wildman–Crippen LogP) is 3.19. The first-order valence-electron chi connectivity index (χ1n) is 8.33. The molecule has 0 saturated heterocycles. The van der Waals surface area contributed by atoms with Crippen molar-refractivity contribution in [1.82, 2.24) is 0 Å². The maximum atomic E-state index is 12.8. The number of hydrogen-bond acceptors (Lipinski definition) is 5. The van der Waals surface area contributed by atoms with Gasteiger partial charge in [0.05, 0.1) is 11.4 Å². The van der Waals surface area contributed by atoms with E-state index in [0.717, 1.165) is 5.56 Å². The lowest BCUT2D eigenvalue weighted by atomic mass is 9.95. The van der Waals surface area contributed by atoms with Crippen molar-refractivity contribution in [2.24, 2.45) is 5.16 Å². The molecule has 0 radical (unpaired) electrons. The lowest BCUT2D eigenvalue weighted by Gasteiger charge is -2.22. The van der Waals surface area contributed by atoms with Crippen molar-refractivity contribution in [2.45, 2.75) is 18.9 Å². The summed E-state index contributed by atoms with van der Waals surface area (Å²) in [5, 5.41) is 10.1. The second-order valence-electron chi connectivity index (χ2n) is 6.52. The molecule has 7 nitrogen and oxygen atoms in total. The summed E-state index contributed by atoms with van der Waals surface area (Å²) in [5.41, 5.74) is 1.31. The van der Waals surface area contributed by atoms with E-state index in [1.165, 1.54) is 0 Å². The Morgan fingerprint density at radius 3 is 2.93 bits per heavy atom. The van der Waals surface area contributed by atoms with Crippen molar-refractivity contribution in [3.05, 3.63) is 53.1 Å². The lowest BCUT2D eigenvalue weighted by Crippen LogP contribution is -2.40. The van der Waals surface area contributed by atoms with E-state index in [0.29, 0.717) is 34.3 Å². The Kier molecular flexibility index (Phi) is 4.24. The third-order valence-corrected chi connectivity index (χ3v) is 4.73. The summed E-state index contributed by atoms with van der Waals surface area (Å²) in [6, 6.07) is 12.3. The number of oxime groups is 1. The number of halogens is 1. The van der Waals surface area contributed by atoms with Gasteiger partial charge in [-0.15, -0.1) is 0 Å². The standard InChI is InChI=1S/C19H16ClN3O4/c1-19(9-15(23-27-19)12-4-2-3-5-13(12)20)18(25)21-11-6-7-14-16(8-11)26-10-17(24)22-14/h2-8H,9-10H2,1H3,(H,21,25)(H,22,24). The van der Waals surface area contributed by atoms with Gasteiger partial charge in [0.1, 0.15) is 5.75 Å². The van der Waals surface area contributed by atoms with Crippen LogP contribution in [-0.2, 0) is 14.4 Å². The van der Waals surface area contributed by atoms with Gasteiger partial charge in [-0.25, -0.2) is 0 Å². The van der Waals surface area contributed by atoms with Crippen LogP contribution in [0.5, 0.6) is 5.75 Å². The van der Waals surface area contributed by atoms with E-state index in [2.05, 4.69) is 15.8 Å². The van der Waals surface area contributed by atoms with Gasteiger partial charge >= 0.3 is 0 Å². The number of carbonyl (C=O) groups excluding carboxylic acids is 2. The topological polar surface area (TPSA) is 89.0 Å². The molecule has 2 aliphatic heterocycles. The van der Waals surface area contributed by atoms with Crippen LogP contribution in [0.1, 0.15) is 18.9 Å². The van der Waals surface area contributed by atoms with Crippen molar-refractivity contribution in [2.75, 3.05) is 17.2 Å².